The molecule has 1 fully saturated rings. The molecular weight excluding hydrogens is 566 g/mol. The molecule has 5 rings (SSSR count). The van der Waals surface area contributed by atoms with E-state index in [9.17, 15) is 23.2 Å². The van der Waals surface area contributed by atoms with Gasteiger partial charge in [0.05, 0.1) is 18.7 Å². The molecule has 3 aromatic rings. The molecule has 1 aromatic heterocycles. The molecule has 3 amide bonds. The lowest BCUT2D eigenvalue weighted by Crippen LogP contribution is -2.52. The molecule has 0 spiro atoms. The van der Waals surface area contributed by atoms with E-state index in [2.05, 4.69) is 5.32 Å². The van der Waals surface area contributed by atoms with Gasteiger partial charge in [0.2, 0.25) is 5.91 Å². The summed E-state index contributed by atoms with van der Waals surface area (Å²) in [5.74, 6) is 1.31. The van der Waals surface area contributed by atoms with E-state index in [0.29, 0.717) is 11.1 Å². The van der Waals surface area contributed by atoms with Gasteiger partial charge in [0, 0.05) is 52.6 Å². The minimum atomic E-state index is -3.17. The number of benzene rings is 2. The van der Waals surface area contributed by atoms with Gasteiger partial charge in [-0.25, -0.2) is 5.84 Å². The number of hydrogen-bond acceptors (Lipinski definition) is 7. The molecule has 0 radical (unpaired) electrons. The molecule has 1 aliphatic heterocycles. The van der Waals surface area contributed by atoms with Crippen LogP contribution in [0.2, 0.25) is 0 Å². The molecule has 220 valence electrons. The Morgan fingerprint density at radius 3 is 2.57 bits per heavy atom. The highest BCUT2D eigenvalue weighted by molar-refractivity contribution is 7.10. The fourth-order valence-electron chi connectivity index (χ4n) is 5.37. The van der Waals surface area contributed by atoms with E-state index in [1.165, 1.54) is 47.6 Å². The first kappa shape index (κ1) is 29.3. The van der Waals surface area contributed by atoms with Crippen LogP contribution in [0.25, 0.3) is 11.1 Å². The van der Waals surface area contributed by atoms with E-state index in [-0.39, 0.29) is 41.1 Å². The maximum absolute atomic E-state index is 14.9. The summed E-state index contributed by atoms with van der Waals surface area (Å²) in [4.78, 5) is 41.7. The van der Waals surface area contributed by atoms with Crippen molar-refractivity contribution in [2.45, 2.75) is 37.5 Å². The third-order valence-electron chi connectivity index (χ3n) is 7.79. The van der Waals surface area contributed by atoms with Crippen LogP contribution in [0.5, 0.6) is 0 Å². The number of rotatable bonds is 8. The molecule has 6 N–H and O–H groups in total. The molecule has 2 aromatic carbocycles. The summed E-state index contributed by atoms with van der Waals surface area (Å²) in [5.41, 5.74) is 6.52. The van der Waals surface area contributed by atoms with Crippen molar-refractivity contribution < 1.29 is 27.9 Å². The van der Waals surface area contributed by atoms with Crippen LogP contribution in [-0.2, 0) is 20.2 Å². The van der Waals surface area contributed by atoms with Gasteiger partial charge in [-0.2, -0.15) is 8.78 Å². The van der Waals surface area contributed by atoms with Crippen LogP contribution in [0.4, 0.5) is 8.78 Å². The lowest BCUT2D eigenvalue weighted by atomic mass is 10.0. The maximum atomic E-state index is 14.9. The molecule has 0 bridgehead atoms. The van der Waals surface area contributed by atoms with Gasteiger partial charge in [-0.3, -0.25) is 24.8 Å². The second-order valence-electron chi connectivity index (χ2n) is 10.3. The maximum Gasteiger partial charge on any atom is 0.299 e. The van der Waals surface area contributed by atoms with Crippen LogP contribution in [0.1, 0.15) is 51.3 Å². The smallest absolute Gasteiger partial charge is 0.299 e. The highest BCUT2D eigenvalue weighted by Crippen LogP contribution is 2.50. The number of nitrogen functional groups attached to an aromatic ring is 1. The van der Waals surface area contributed by atoms with Crippen LogP contribution >= 0.6 is 11.3 Å². The second kappa shape index (κ2) is 11.2. The Morgan fingerprint density at radius 1 is 1.17 bits per heavy atom. The van der Waals surface area contributed by atoms with E-state index in [1.807, 2.05) is 0 Å². The van der Waals surface area contributed by atoms with Crippen molar-refractivity contribution in [1.29, 1.82) is 5.41 Å². The number of hydrazine groups is 1. The molecule has 2 heterocycles. The third kappa shape index (κ3) is 5.14. The number of thiophene rings is 1. The number of halogens is 2. The normalized spacial score (nSPS) is 19.1. The Labute approximate surface area is 244 Å². The number of alkyl halides is 2. The molecule has 1 saturated heterocycles. The average Bonchev–Trinajstić information content (AvgIpc) is 3.71. The van der Waals surface area contributed by atoms with Crippen molar-refractivity contribution in [1.82, 2.24) is 15.2 Å². The highest BCUT2D eigenvalue weighted by Gasteiger charge is 2.45. The number of amidine groups is 1. The summed E-state index contributed by atoms with van der Waals surface area (Å²) in [6.45, 7) is 1.44. The quantitative estimate of drug-likeness (QED) is 0.103. The zero-order chi connectivity index (χ0) is 30.3. The van der Waals surface area contributed by atoms with E-state index < -0.39 is 48.4 Å². The largest absolute Gasteiger partial charge is 0.384 e. The summed E-state index contributed by atoms with van der Waals surface area (Å²) in [6.07, 6.45) is -0.191. The zero-order valence-corrected chi connectivity index (χ0v) is 23.7. The number of likely N-dealkylation sites (tertiary alicyclic amines) is 1. The molecule has 2 aliphatic rings. The van der Waals surface area contributed by atoms with Gasteiger partial charge in [-0.05, 0) is 36.2 Å². The zero-order valence-electron chi connectivity index (χ0n) is 22.9. The molecule has 13 heteroatoms. The fourth-order valence-corrected chi connectivity index (χ4v) is 6.33. The molecule has 0 unspecified atom stereocenters. The number of carbonyl (C=O) groups excluding carboxylic acids is 3. The number of methoxy groups -OCH3 is 1. The van der Waals surface area contributed by atoms with Crippen LogP contribution in [-0.4, -0.2) is 65.8 Å². The molecule has 3 atom stereocenters. The topological polar surface area (TPSA) is 155 Å². The number of nitrogens with one attached hydrogen (secondary N) is 2. The Hall–Kier alpha value is -4.20. The summed E-state index contributed by atoms with van der Waals surface area (Å²) in [5, 5.41) is 12.9. The van der Waals surface area contributed by atoms with E-state index in [1.54, 1.807) is 36.6 Å². The number of hydrogen-bond donors (Lipinski definition) is 4. The van der Waals surface area contributed by atoms with E-state index in [4.69, 9.17) is 21.7 Å². The molecule has 10 nitrogen and oxygen atoms in total. The van der Waals surface area contributed by atoms with Crippen molar-refractivity contribution in [2.24, 2.45) is 11.6 Å². The predicted molar refractivity (Wildman–Crippen MR) is 153 cm³/mol. The van der Waals surface area contributed by atoms with Gasteiger partial charge in [0.1, 0.15) is 11.9 Å². The summed E-state index contributed by atoms with van der Waals surface area (Å²) >= 11 is 1.31. The third-order valence-corrected chi connectivity index (χ3v) is 8.89. The SMILES string of the molecule is CO[C@@H]1C[C@@H](C(=O)N(N)[C@H](C)c2cc(C(=N)N)cs2)N(C(=O)CNC(=O)c2ccc3c(c2)-c2ccccc2C3(F)F)C1. The Bertz CT molecular complexity index is 1580. The average molecular weight is 597 g/mol. The van der Waals surface area contributed by atoms with Crippen molar-refractivity contribution in [3.05, 3.63) is 81.0 Å². The van der Waals surface area contributed by atoms with Crippen LogP contribution in [0, 0.1) is 5.41 Å². The summed E-state index contributed by atoms with van der Waals surface area (Å²) in [7, 11) is 1.48. The number of amides is 3. The van der Waals surface area contributed by atoms with Crippen molar-refractivity contribution in [2.75, 3.05) is 20.2 Å². The van der Waals surface area contributed by atoms with E-state index >= 15 is 0 Å². The number of nitrogens with zero attached hydrogens (tertiary/aromatic N) is 2. The minimum Gasteiger partial charge on any atom is -0.384 e. The lowest BCUT2D eigenvalue weighted by Gasteiger charge is -2.30. The fraction of sp³-hybridized carbons (Fsp3) is 0.310. The first-order valence-corrected chi connectivity index (χ1v) is 14.0. The Morgan fingerprint density at radius 2 is 1.88 bits per heavy atom. The summed E-state index contributed by atoms with van der Waals surface area (Å²) < 4.78 is 35.2. The van der Waals surface area contributed by atoms with Gasteiger partial charge in [0.25, 0.3) is 17.7 Å². The summed E-state index contributed by atoms with van der Waals surface area (Å²) in [6, 6.07) is 10.3. The van der Waals surface area contributed by atoms with Crippen LogP contribution in [0.3, 0.4) is 0 Å². The number of carbonyl (C=O) groups is 3. The van der Waals surface area contributed by atoms with Gasteiger partial charge in [-0.1, -0.05) is 30.3 Å². The standard InChI is InChI=1S/C29H30F2N6O4S/c1-15(24-10-17(14-42-24)26(32)33)37(34)28(40)23-11-18(41-2)13-36(23)25(38)12-35-27(39)16-7-8-22-20(9-16)19-5-3-4-6-21(19)29(22,30)31/h3-10,14-15,18,23H,11-13,34H2,1-2H3,(H3,32,33)(H,35,39)/t15-,18-,23+/m1/s1. The first-order valence-electron chi connectivity index (χ1n) is 13.2. The second-order valence-corrected chi connectivity index (χ2v) is 11.2. The van der Waals surface area contributed by atoms with Gasteiger partial charge < -0.3 is 20.7 Å². The van der Waals surface area contributed by atoms with Gasteiger partial charge in [-0.15, -0.1) is 11.3 Å². The van der Waals surface area contributed by atoms with Crippen molar-refractivity contribution >= 4 is 34.9 Å². The predicted octanol–water partition coefficient (Wildman–Crippen LogP) is 2.96. The van der Waals surface area contributed by atoms with Gasteiger partial charge in [0.15, 0.2) is 0 Å². The Balaban J connectivity index is 1.27. The Kier molecular flexibility index (Phi) is 7.84. The lowest BCUT2D eigenvalue weighted by molar-refractivity contribution is -0.145. The molecular formula is C29H30F2N6O4S. The minimum absolute atomic E-state index is 0.0974. The van der Waals surface area contributed by atoms with Crippen molar-refractivity contribution in [3.63, 3.8) is 0 Å². The number of ether oxygens (including phenoxy) is 1. The highest BCUT2D eigenvalue weighted by atomic mass is 32.1. The van der Waals surface area contributed by atoms with Crippen LogP contribution in [0.15, 0.2) is 53.9 Å². The molecule has 42 heavy (non-hydrogen) atoms. The number of nitrogens with two attached hydrogens (primary N) is 2. The molecule has 0 saturated carbocycles. The monoisotopic (exact) mass is 596 g/mol. The van der Waals surface area contributed by atoms with Crippen molar-refractivity contribution in [3.8, 4) is 11.1 Å². The van der Waals surface area contributed by atoms with E-state index in [0.717, 1.165) is 9.89 Å². The first-order chi connectivity index (χ1) is 19.9. The van der Waals surface area contributed by atoms with Gasteiger partial charge >= 0.3 is 0 Å². The number of fused-ring (bicyclic) bond motifs is 3. The molecule has 1 aliphatic carbocycles. The van der Waals surface area contributed by atoms with Crippen LogP contribution < -0.4 is 16.9 Å².